The zero-order valence-corrected chi connectivity index (χ0v) is 16.0. The second-order valence-corrected chi connectivity index (χ2v) is 8.16. The van der Waals surface area contributed by atoms with Gasteiger partial charge in [0.25, 0.3) is 0 Å². The van der Waals surface area contributed by atoms with E-state index in [1.165, 1.54) is 4.31 Å². The van der Waals surface area contributed by atoms with E-state index in [0.29, 0.717) is 29.4 Å². The fraction of sp³-hybridized carbons (Fsp3) is 0.300. The van der Waals surface area contributed by atoms with Gasteiger partial charge in [-0.3, -0.25) is 0 Å². The van der Waals surface area contributed by atoms with Crippen molar-refractivity contribution in [2.45, 2.75) is 24.3 Å². The first-order valence-corrected chi connectivity index (χ1v) is 9.82. The predicted molar refractivity (Wildman–Crippen MR) is 101 cm³/mol. The molecule has 0 aromatic heterocycles. The molecule has 26 heavy (non-hydrogen) atoms. The lowest BCUT2D eigenvalue weighted by atomic mass is 9.93. The molecule has 138 valence electrons. The SMILES string of the molecule is C=CC1c2cc(OC)c(OC)cc2CCN1S(=O)(=O)c1ccc(C)cc1. The molecule has 0 spiro atoms. The van der Waals surface area contributed by atoms with Crippen molar-refractivity contribution in [1.29, 1.82) is 0 Å². The third kappa shape index (κ3) is 3.10. The van der Waals surface area contributed by atoms with Crippen LogP contribution in [0, 0.1) is 6.92 Å². The Morgan fingerprint density at radius 3 is 2.31 bits per heavy atom. The smallest absolute Gasteiger partial charge is 0.243 e. The van der Waals surface area contributed by atoms with Crippen LogP contribution in [-0.2, 0) is 16.4 Å². The summed E-state index contributed by atoms with van der Waals surface area (Å²) >= 11 is 0. The quantitative estimate of drug-likeness (QED) is 0.753. The van der Waals surface area contributed by atoms with E-state index in [9.17, 15) is 8.42 Å². The first-order chi connectivity index (χ1) is 12.4. The molecule has 0 aliphatic carbocycles. The Morgan fingerprint density at radius 1 is 1.12 bits per heavy atom. The Balaban J connectivity index is 2.07. The topological polar surface area (TPSA) is 55.8 Å². The molecule has 1 atom stereocenters. The Hall–Kier alpha value is -2.31. The molecule has 1 unspecified atom stereocenters. The number of ether oxygens (including phenoxy) is 2. The lowest BCUT2D eigenvalue weighted by Crippen LogP contribution is -2.39. The maximum absolute atomic E-state index is 13.2. The van der Waals surface area contributed by atoms with Crippen LogP contribution in [0.3, 0.4) is 0 Å². The summed E-state index contributed by atoms with van der Waals surface area (Å²) in [6.07, 6.45) is 2.26. The first kappa shape index (κ1) is 18.5. The molecule has 3 rings (SSSR count). The zero-order valence-electron chi connectivity index (χ0n) is 15.2. The fourth-order valence-corrected chi connectivity index (χ4v) is 4.89. The lowest BCUT2D eigenvalue weighted by Gasteiger charge is -2.35. The van der Waals surface area contributed by atoms with Crippen molar-refractivity contribution in [1.82, 2.24) is 4.31 Å². The number of aryl methyl sites for hydroxylation is 1. The lowest BCUT2D eigenvalue weighted by molar-refractivity contribution is 0.336. The van der Waals surface area contributed by atoms with Crippen LogP contribution in [0.15, 0.2) is 53.9 Å². The molecular weight excluding hydrogens is 350 g/mol. The number of sulfonamides is 1. The van der Waals surface area contributed by atoms with E-state index >= 15 is 0 Å². The third-order valence-electron chi connectivity index (χ3n) is 4.73. The molecule has 0 saturated heterocycles. The average Bonchev–Trinajstić information content (AvgIpc) is 2.65. The predicted octanol–water partition coefficient (Wildman–Crippen LogP) is 3.49. The fourth-order valence-electron chi connectivity index (χ4n) is 3.31. The van der Waals surface area contributed by atoms with Crippen LogP contribution in [0.2, 0.25) is 0 Å². The third-order valence-corrected chi connectivity index (χ3v) is 6.62. The summed E-state index contributed by atoms with van der Waals surface area (Å²) in [5.74, 6) is 1.22. The number of rotatable bonds is 5. The Morgan fingerprint density at radius 2 is 1.73 bits per heavy atom. The van der Waals surface area contributed by atoms with E-state index < -0.39 is 16.1 Å². The van der Waals surface area contributed by atoms with Crippen molar-refractivity contribution < 1.29 is 17.9 Å². The van der Waals surface area contributed by atoms with Crippen LogP contribution in [0.25, 0.3) is 0 Å². The van der Waals surface area contributed by atoms with E-state index in [1.54, 1.807) is 32.4 Å². The summed E-state index contributed by atoms with van der Waals surface area (Å²) < 4.78 is 38.6. The number of hydrogen-bond acceptors (Lipinski definition) is 4. The summed E-state index contributed by atoms with van der Waals surface area (Å²) in [6, 6.07) is 10.2. The molecule has 1 aliphatic rings. The van der Waals surface area contributed by atoms with Crippen molar-refractivity contribution in [2.75, 3.05) is 20.8 Å². The van der Waals surface area contributed by atoms with Gasteiger partial charge in [0.15, 0.2) is 11.5 Å². The van der Waals surface area contributed by atoms with Crippen molar-refractivity contribution in [3.63, 3.8) is 0 Å². The Bertz CT molecular complexity index is 920. The van der Waals surface area contributed by atoms with Crippen molar-refractivity contribution in [3.05, 3.63) is 65.7 Å². The van der Waals surface area contributed by atoms with Gasteiger partial charge >= 0.3 is 0 Å². The van der Waals surface area contributed by atoms with E-state index in [4.69, 9.17) is 9.47 Å². The van der Waals surface area contributed by atoms with E-state index in [0.717, 1.165) is 16.7 Å². The maximum Gasteiger partial charge on any atom is 0.243 e. The van der Waals surface area contributed by atoms with Crippen molar-refractivity contribution >= 4 is 10.0 Å². The summed E-state index contributed by atoms with van der Waals surface area (Å²) in [7, 11) is -0.472. The molecule has 1 aliphatic heterocycles. The van der Waals surface area contributed by atoms with Crippen LogP contribution in [0.5, 0.6) is 11.5 Å². The van der Waals surface area contributed by atoms with Crippen LogP contribution in [0.4, 0.5) is 0 Å². The van der Waals surface area contributed by atoms with E-state index in [1.807, 2.05) is 31.2 Å². The minimum atomic E-state index is -3.63. The van der Waals surface area contributed by atoms with Crippen LogP contribution >= 0.6 is 0 Å². The minimum absolute atomic E-state index is 0.291. The normalized spacial score (nSPS) is 17.4. The zero-order chi connectivity index (χ0) is 18.9. The van der Waals surface area contributed by atoms with E-state index in [-0.39, 0.29) is 0 Å². The molecule has 2 aromatic rings. The molecule has 0 N–H and O–H groups in total. The molecule has 0 bridgehead atoms. The minimum Gasteiger partial charge on any atom is -0.493 e. The van der Waals surface area contributed by atoms with Gasteiger partial charge in [-0.25, -0.2) is 8.42 Å². The van der Waals surface area contributed by atoms with E-state index in [2.05, 4.69) is 6.58 Å². The first-order valence-electron chi connectivity index (χ1n) is 8.38. The van der Waals surface area contributed by atoms with Crippen molar-refractivity contribution in [3.8, 4) is 11.5 Å². The number of fused-ring (bicyclic) bond motifs is 1. The monoisotopic (exact) mass is 373 g/mol. The highest BCUT2D eigenvalue weighted by Crippen LogP contribution is 2.40. The van der Waals surface area contributed by atoms with Crippen LogP contribution < -0.4 is 9.47 Å². The van der Waals surface area contributed by atoms with Gasteiger partial charge in [-0.15, -0.1) is 6.58 Å². The Kier molecular flexibility index (Phi) is 5.07. The molecule has 5 nitrogen and oxygen atoms in total. The summed E-state index contributed by atoms with van der Waals surface area (Å²) in [6.45, 7) is 6.19. The number of benzene rings is 2. The molecule has 0 amide bonds. The van der Waals surface area contributed by atoms with Gasteiger partial charge < -0.3 is 9.47 Å². The van der Waals surface area contributed by atoms with Gasteiger partial charge in [-0.2, -0.15) is 4.31 Å². The highest BCUT2D eigenvalue weighted by Gasteiger charge is 2.35. The molecule has 6 heteroatoms. The highest BCUT2D eigenvalue weighted by molar-refractivity contribution is 7.89. The van der Waals surface area contributed by atoms with Gasteiger partial charge in [-0.05, 0) is 48.7 Å². The molecule has 0 saturated carbocycles. The number of methoxy groups -OCH3 is 2. The Labute approximate surface area is 154 Å². The summed E-state index contributed by atoms with van der Waals surface area (Å²) in [5.41, 5.74) is 2.94. The van der Waals surface area contributed by atoms with Crippen LogP contribution in [-0.4, -0.2) is 33.5 Å². The molecule has 1 heterocycles. The number of hydrogen-bond donors (Lipinski definition) is 0. The highest BCUT2D eigenvalue weighted by atomic mass is 32.2. The van der Waals surface area contributed by atoms with Gasteiger partial charge in [0.05, 0.1) is 25.2 Å². The van der Waals surface area contributed by atoms with Gasteiger partial charge in [0.2, 0.25) is 10.0 Å². The molecule has 2 aromatic carbocycles. The maximum atomic E-state index is 13.2. The van der Waals surface area contributed by atoms with Gasteiger partial charge in [0.1, 0.15) is 0 Å². The summed E-state index contributed by atoms with van der Waals surface area (Å²) in [4.78, 5) is 0.291. The second kappa shape index (κ2) is 7.13. The molecular formula is C20H23NO4S. The van der Waals surface area contributed by atoms with Crippen LogP contribution in [0.1, 0.15) is 22.7 Å². The van der Waals surface area contributed by atoms with Gasteiger partial charge in [-0.1, -0.05) is 23.8 Å². The number of nitrogens with zero attached hydrogens (tertiary/aromatic N) is 1. The molecule has 0 radical (unpaired) electrons. The van der Waals surface area contributed by atoms with Crippen molar-refractivity contribution in [2.24, 2.45) is 0 Å². The second-order valence-electron chi connectivity index (χ2n) is 6.27. The standard InChI is InChI=1S/C20H23NO4S/c1-5-18-17-13-20(25-4)19(24-3)12-15(17)10-11-21(18)26(22,23)16-8-6-14(2)7-9-16/h5-9,12-13,18H,1,10-11H2,2-4H3. The summed E-state index contributed by atoms with van der Waals surface area (Å²) in [5, 5.41) is 0. The largest absolute Gasteiger partial charge is 0.493 e. The average molecular weight is 373 g/mol. The van der Waals surface area contributed by atoms with Gasteiger partial charge in [0, 0.05) is 6.54 Å². The molecule has 0 fully saturated rings.